The summed E-state index contributed by atoms with van der Waals surface area (Å²) in [5, 5.41) is 0. The van der Waals surface area contributed by atoms with Gasteiger partial charge in [-0.3, -0.25) is 0 Å². The Balaban J connectivity index is 4.19. The van der Waals surface area contributed by atoms with Gasteiger partial charge in [0, 0.05) is 0 Å². The molecule has 0 spiro atoms. The van der Waals surface area contributed by atoms with E-state index in [0.29, 0.717) is 6.42 Å². The second-order valence-corrected chi connectivity index (χ2v) is 21.3. The van der Waals surface area contributed by atoms with Gasteiger partial charge in [-0.1, -0.05) is 0 Å². The van der Waals surface area contributed by atoms with Crippen LogP contribution < -0.4 is 0 Å². The van der Waals surface area contributed by atoms with Crippen molar-refractivity contribution in [3.63, 3.8) is 0 Å². The van der Waals surface area contributed by atoms with Crippen molar-refractivity contribution in [2.75, 3.05) is 0 Å². The molecule has 0 aromatic heterocycles. The van der Waals surface area contributed by atoms with E-state index in [0.717, 1.165) is 11.9 Å². The molecule has 0 aromatic rings. The molecule has 0 aromatic carbocycles. The molecule has 0 aliphatic carbocycles. The number of carbonyl (C=O) groups excluding carboxylic acids is 1. The zero-order valence-corrected chi connectivity index (χ0v) is 12.5. The van der Waals surface area contributed by atoms with Gasteiger partial charge in [0.25, 0.3) is 0 Å². The van der Waals surface area contributed by atoms with Gasteiger partial charge < -0.3 is 0 Å². The molecule has 0 heterocycles. The topological polar surface area (TPSA) is 26.3 Å². The molecular formula is C9H20O2Pb. The molecule has 72 valence electrons. The van der Waals surface area contributed by atoms with E-state index in [4.69, 9.17) is 2.69 Å². The molecule has 0 amide bonds. The van der Waals surface area contributed by atoms with E-state index in [1.165, 1.54) is 0 Å². The van der Waals surface area contributed by atoms with Crippen LogP contribution in [0.2, 0.25) is 11.9 Å². The Kier molecular flexibility index (Phi) is 6.13. The first-order valence-corrected chi connectivity index (χ1v) is 14.7. The van der Waals surface area contributed by atoms with Crippen molar-refractivity contribution < 1.29 is 7.48 Å². The first-order chi connectivity index (χ1) is 5.64. The Morgan fingerprint density at radius 1 is 1.08 bits per heavy atom. The Hall–Kier alpha value is 0.392. The molecule has 12 heavy (non-hydrogen) atoms. The Morgan fingerprint density at radius 2 is 1.50 bits per heavy atom. The van der Waals surface area contributed by atoms with Crippen molar-refractivity contribution >= 4 is 27.6 Å². The van der Waals surface area contributed by atoms with Crippen LogP contribution in [0.4, 0.5) is 0 Å². The molecule has 0 fully saturated rings. The number of carbonyl (C=O) groups is 1. The first-order valence-electron chi connectivity index (χ1n) is 4.86. The van der Waals surface area contributed by atoms with Crippen molar-refractivity contribution in [2.24, 2.45) is 0 Å². The van der Waals surface area contributed by atoms with E-state index in [1.54, 1.807) is 0 Å². The molecule has 3 heteroatoms. The molecule has 0 N–H and O–H groups in total. The predicted octanol–water partition coefficient (Wildman–Crippen LogP) is 2.94. The average molecular weight is 367 g/mol. The van der Waals surface area contributed by atoms with E-state index < -0.39 is 21.6 Å². The predicted molar refractivity (Wildman–Crippen MR) is 53.6 cm³/mol. The van der Waals surface area contributed by atoms with Crippen molar-refractivity contribution in [1.82, 2.24) is 0 Å². The van der Waals surface area contributed by atoms with Gasteiger partial charge in [-0.05, 0) is 0 Å². The molecular weight excluding hydrogens is 347 g/mol. The summed E-state index contributed by atoms with van der Waals surface area (Å²) < 4.78 is 9.01. The minimum atomic E-state index is -2.52. The third-order valence-electron chi connectivity index (χ3n) is 2.55. The van der Waals surface area contributed by atoms with Gasteiger partial charge in [-0.2, -0.15) is 0 Å². The number of rotatable bonds is 5. The quantitative estimate of drug-likeness (QED) is 0.699. The zero-order chi connectivity index (χ0) is 9.61. The van der Waals surface area contributed by atoms with E-state index in [2.05, 4.69) is 20.8 Å². The Morgan fingerprint density at radius 3 is 1.75 bits per heavy atom. The van der Waals surface area contributed by atoms with Crippen LogP contribution in [0, 0.1) is 0 Å². The molecule has 0 saturated heterocycles. The SMILES string of the molecule is CCC(=O)[O][Pb]([CH2]C)([CH2]C)[CH2]C. The van der Waals surface area contributed by atoms with Crippen LogP contribution in [0.15, 0.2) is 0 Å². The second-order valence-electron chi connectivity index (χ2n) is 3.07. The maximum atomic E-state index is 11.1. The molecule has 0 unspecified atom stereocenters. The Labute approximate surface area is 81.0 Å². The minimum absolute atomic E-state index is 0.0159. The number of hydrogen-bond acceptors (Lipinski definition) is 2. The zero-order valence-electron chi connectivity index (χ0n) is 8.64. The van der Waals surface area contributed by atoms with E-state index in [9.17, 15) is 4.79 Å². The van der Waals surface area contributed by atoms with Gasteiger partial charge in [-0.25, -0.2) is 0 Å². The fourth-order valence-corrected chi connectivity index (χ4v) is 11.2. The van der Waals surface area contributed by atoms with Crippen molar-refractivity contribution in [3.05, 3.63) is 0 Å². The van der Waals surface area contributed by atoms with Gasteiger partial charge in [0.2, 0.25) is 0 Å². The molecule has 0 aliphatic heterocycles. The molecule has 0 rings (SSSR count). The molecule has 0 aliphatic rings. The van der Waals surface area contributed by atoms with Crippen molar-refractivity contribution in [1.29, 1.82) is 0 Å². The van der Waals surface area contributed by atoms with Crippen LogP contribution in [0.5, 0.6) is 0 Å². The normalized spacial score (nSPS) is 11.3. The fourth-order valence-electron chi connectivity index (χ4n) is 1.28. The maximum absolute atomic E-state index is 11.1. The summed E-state index contributed by atoms with van der Waals surface area (Å²) in [6.07, 6.45) is 0.530. The summed E-state index contributed by atoms with van der Waals surface area (Å²) in [5.41, 5.74) is 0. The fraction of sp³-hybridized carbons (Fsp3) is 0.889. The van der Waals surface area contributed by atoms with Gasteiger partial charge >= 0.3 is 81.1 Å². The first kappa shape index (κ1) is 12.4. The summed E-state index contributed by atoms with van der Waals surface area (Å²) in [4.78, 5) is 11.1. The molecule has 2 nitrogen and oxygen atoms in total. The second kappa shape index (κ2) is 5.94. The van der Waals surface area contributed by atoms with Gasteiger partial charge in [0.05, 0.1) is 0 Å². The molecule has 0 bridgehead atoms. The standard InChI is InChI=1S/C3H6O2.3C2H5.Pb/c1-2-3(4)5;3*1-2;/h2H2,1H3,(H,4,5);3*1H2,2H3;/q;;;;+1/p-1. The third-order valence-corrected chi connectivity index (χ3v) is 20.1. The van der Waals surface area contributed by atoms with Gasteiger partial charge in [0.1, 0.15) is 0 Å². The molecule has 0 radical (unpaired) electrons. The summed E-state index contributed by atoms with van der Waals surface area (Å²) in [6.45, 7) is 8.36. The average Bonchev–Trinajstić information content (AvgIpc) is 2.14. The summed E-state index contributed by atoms with van der Waals surface area (Å²) >= 11 is -2.52. The van der Waals surface area contributed by atoms with Crippen LogP contribution >= 0.6 is 0 Å². The van der Waals surface area contributed by atoms with E-state index in [-0.39, 0.29) is 5.97 Å². The van der Waals surface area contributed by atoms with Crippen LogP contribution in [0.25, 0.3) is 0 Å². The van der Waals surface area contributed by atoms with Crippen LogP contribution in [0.3, 0.4) is 0 Å². The van der Waals surface area contributed by atoms with Crippen LogP contribution in [-0.2, 0) is 7.48 Å². The van der Waals surface area contributed by atoms with E-state index >= 15 is 0 Å². The summed E-state index contributed by atoms with van der Waals surface area (Å²) in [5.74, 6) is 0.0159. The van der Waals surface area contributed by atoms with Crippen molar-refractivity contribution in [3.8, 4) is 0 Å². The third kappa shape index (κ3) is 3.41. The van der Waals surface area contributed by atoms with Crippen LogP contribution in [0.1, 0.15) is 34.1 Å². The van der Waals surface area contributed by atoms with Crippen molar-refractivity contribution in [2.45, 2.75) is 46.1 Å². The summed E-state index contributed by atoms with van der Waals surface area (Å²) in [6, 6.07) is 0. The molecule has 0 saturated carbocycles. The summed E-state index contributed by atoms with van der Waals surface area (Å²) in [7, 11) is 0. The van der Waals surface area contributed by atoms with Crippen LogP contribution in [-0.4, -0.2) is 27.6 Å². The number of hydrogen-bond donors (Lipinski definition) is 0. The van der Waals surface area contributed by atoms with Gasteiger partial charge in [-0.15, -0.1) is 0 Å². The Bertz CT molecular complexity index is 133. The monoisotopic (exact) mass is 368 g/mol. The van der Waals surface area contributed by atoms with E-state index in [1.807, 2.05) is 6.92 Å². The molecule has 0 atom stereocenters. The van der Waals surface area contributed by atoms with Gasteiger partial charge in [0.15, 0.2) is 0 Å².